The molecule has 0 unspecified atom stereocenters. The summed E-state index contributed by atoms with van der Waals surface area (Å²) in [6, 6.07) is 37.0. The Morgan fingerprint density at radius 3 is 0.817 bits per heavy atom. The van der Waals surface area contributed by atoms with E-state index < -0.39 is 24.8 Å². The van der Waals surface area contributed by atoms with Crippen LogP contribution in [-0.2, 0) is 0 Å². The fourth-order valence-corrected chi connectivity index (χ4v) is 33.3. The maximum absolute atomic E-state index is 2.65. The molecule has 60 heavy (non-hydrogen) atoms. The van der Waals surface area contributed by atoms with Gasteiger partial charge in [0.15, 0.2) is 0 Å². The Hall–Kier alpha value is -2.38. The monoisotopic (exact) mass is 943 g/mol. The molecule has 0 spiro atoms. The van der Waals surface area contributed by atoms with Crippen molar-refractivity contribution in [1.82, 2.24) is 0 Å². The molecule has 0 N–H and O–H groups in total. The second-order valence-corrected chi connectivity index (χ2v) is 34.8. The fourth-order valence-electron chi connectivity index (χ4n) is 8.17. The molecule has 0 bridgehead atoms. The van der Waals surface area contributed by atoms with Crippen molar-refractivity contribution >= 4 is 57.1 Å². The largest absolute Gasteiger partial charge is 0.0622 e. The van der Waals surface area contributed by atoms with E-state index >= 15 is 0 Å². The van der Waals surface area contributed by atoms with E-state index in [0.717, 1.165) is 8.58 Å². The van der Waals surface area contributed by atoms with Gasteiger partial charge in [-0.15, -0.1) is 0 Å². The summed E-state index contributed by atoms with van der Waals surface area (Å²) in [5, 5.41) is 2.79. The first-order valence-corrected chi connectivity index (χ1v) is 33.9. The number of rotatable bonds is 14. The van der Waals surface area contributed by atoms with Gasteiger partial charge >= 0.3 is 302 Å². The second kappa shape index (κ2) is 22.8. The number of hydrogen-bond acceptors (Lipinski definition) is 0. The molecule has 5 rings (SSSR count). The van der Waals surface area contributed by atoms with Gasteiger partial charge in [0, 0.05) is 0 Å². The summed E-state index contributed by atoms with van der Waals surface area (Å²) >= 11 is -2.64. The van der Waals surface area contributed by atoms with Crippen LogP contribution in [0.15, 0.2) is 97.1 Å². The van der Waals surface area contributed by atoms with Crippen LogP contribution < -0.4 is 23.8 Å². The minimum Gasteiger partial charge on any atom is -0.0622 e. The Balaban J connectivity index is 0.000000512. The molecule has 5 aromatic rings. The van der Waals surface area contributed by atoms with E-state index in [-0.39, 0.29) is 0 Å². The Morgan fingerprint density at radius 1 is 0.333 bits per heavy atom. The van der Waals surface area contributed by atoms with Crippen LogP contribution in [0.3, 0.4) is 0 Å². The van der Waals surface area contributed by atoms with Crippen LogP contribution in [0, 0.1) is 0 Å². The van der Waals surface area contributed by atoms with Gasteiger partial charge in [-0.1, -0.05) is 69.2 Å². The van der Waals surface area contributed by atoms with Crippen LogP contribution in [0.2, 0.25) is 0 Å². The van der Waals surface area contributed by atoms with Crippen LogP contribution in [0.5, 0.6) is 0 Å². The summed E-state index contributed by atoms with van der Waals surface area (Å²) in [5.74, 6) is 4.69. The minimum atomic E-state index is -2.14. The summed E-state index contributed by atoms with van der Waals surface area (Å²) in [6.07, 6.45) is 0. The van der Waals surface area contributed by atoms with Crippen LogP contribution in [0.1, 0.15) is 228 Å². The summed E-state index contributed by atoms with van der Waals surface area (Å²) in [6.45, 7) is 43.8. The summed E-state index contributed by atoms with van der Waals surface area (Å²) < 4.78 is 5.46. The molecule has 3 heteroatoms. The minimum absolute atomic E-state index is 0.498. The Kier molecular flexibility index (Phi) is 19.1. The molecule has 5 aromatic carbocycles. The van der Waals surface area contributed by atoms with E-state index in [1.54, 1.807) is 37.8 Å². The first-order chi connectivity index (χ1) is 28.2. The van der Waals surface area contributed by atoms with Crippen molar-refractivity contribution in [1.29, 1.82) is 0 Å². The third kappa shape index (κ3) is 12.9. The molecule has 0 aliphatic rings. The molecule has 1 radical (unpaired) electrons. The van der Waals surface area contributed by atoms with E-state index in [0.29, 0.717) is 53.3 Å². The first-order valence-electron chi connectivity index (χ1n) is 23.3. The van der Waals surface area contributed by atoms with Crippen molar-refractivity contribution in [3.63, 3.8) is 0 Å². The number of benzene rings is 5. The molecule has 0 fully saturated rings. The average Bonchev–Trinajstić information content (AvgIpc) is 3.19. The van der Waals surface area contributed by atoms with Gasteiger partial charge in [-0.25, -0.2) is 0 Å². The zero-order valence-corrected chi connectivity index (χ0v) is 46.1. The normalized spacial score (nSPS) is 11.9. The van der Waals surface area contributed by atoms with Gasteiger partial charge in [0.05, 0.1) is 0 Å². The van der Waals surface area contributed by atoms with Gasteiger partial charge in [-0.2, -0.15) is 0 Å². The van der Waals surface area contributed by atoms with Crippen molar-refractivity contribution in [2.75, 3.05) is 0 Å². The molecule has 0 heterocycles. The molecule has 0 atom stereocenters. The van der Waals surface area contributed by atoms with Crippen molar-refractivity contribution in [2.45, 2.75) is 178 Å². The quantitative estimate of drug-likeness (QED) is 0.0769. The maximum Gasteiger partial charge on any atom is -0.0226 e. The second-order valence-electron chi connectivity index (χ2n) is 20.0. The van der Waals surface area contributed by atoms with Crippen LogP contribution >= 0.6 is 8.58 Å². The molecule has 321 valence electrons. The zero-order chi connectivity index (χ0) is 44.6. The zero-order valence-electron chi connectivity index (χ0n) is 40.9. The number of hydrogen-bond donors (Lipinski definition) is 0. The molecule has 0 aromatic heterocycles. The Morgan fingerprint density at radius 2 is 0.583 bits per heavy atom. The van der Waals surface area contributed by atoms with E-state index in [9.17, 15) is 0 Å². The smallest absolute Gasteiger partial charge is 0.0226 e. The Bertz CT molecular complexity index is 1960. The van der Waals surface area contributed by atoms with Crippen molar-refractivity contribution in [2.24, 2.45) is 0 Å². The summed E-state index contributed by atoms with van der Waals surface area (Å²) in [4.78, 5) is 0. The molecule has 0 nitrogen and oxygen atoms in total. The maximum atomic E-state index is 2.65. The standard InChI is InChI=1S/C45H69Ge2.C12H11P/c1-25(2)34-19-37(28(7)8)43(38(20-34)29(9)10)46-47(44-39(30(11)12)21-35(26(3)4)22-40(44)31(13)14)45-41(32(15)16)23-36(27(5)6)24-42(45)33(17)18;1-3-7-11(8-4-1)13-12-9-5-2-6-10-12/h19-33H,1-18H3;1-10,13H. The molecule has 0 amide bonds. The first kappa shape index (κ1) is 50.3. The van der Waals surface area contributed by atoms with E-state index in [1.807, 2.05) is 8.79 Å². The molecule has 0 saturated carbocycles. The van der Waals surface area contributed by atoms with Crippen molar-refractivity contribution in [3.8, 4) is 0 Å². The third-order valence-electron chi connectivity index (χ3n) is 12.0. The van der Waals surface area contributed by atoms with E-state index in [1.165, 1.54) is 27.3 Å². The van der Waals surface area contributed by atoms with Gasteiger partial charge in [-0.05, 0) is 10.6 Å². The predicted octanol–water partition coefficient (Wildman–Crippen LogP) is 14.2. The summed E-state index contributed by atoms with van der Waals surface area (Å²) in [7, 11) is 0.777. The topological polar surface area (TPSA) is 0 Å². The van der Waals surface area contributed by atoms with E-state index in [2.05, 4.69) is 222 Å². The van der Waals surface area contributed by atoms with Gasteiger partial charge in [0.25, 0.3) is 0 Å². The SMILES string of the molecule is CC(C)c1cc(C(C)C)[c]([Ge]=[Ge]([c]2c(C(C)C)cc(C(C)C)cc2C(C)C)[c]2c(C(C)C)cc(C(C)C)cc2C(C)C)c(C(C)C)c1.c1ccc(Pc2ccccc2)cc1. The van der Waals surface area contributed by atoms with E-state index in [4.69, 9.17) is 0 Å². The van der Waals surface area contributed by atoms with Crippen molar-refractivity contribution in [3.05, 3.63) is 147 Å². The molecule has 0 aliphatic carbocycles. The predicted molar refractivity (Wildman–Crippen MR) is 277 cm³/mol. The third-order valence-corrected chi connectivity index (χ3v) is 30.9. The van der Waals surface area contributed by atoms with Crippen LogP contribution in [0.4, 0.5) is 0 Å². The molecular formula is C57H80Ge2P. The molecule has 0 saturated heterocycles. The van der Waals surface area contributed by atoms with Crippen LogP contribution in [0.25, 0.3) is 0 Å². The van der Waals surface area contributed by atoms with Gasteiger partial charge in [0.1, 0.15) is 0 Å². The fraction of sp³-hybridized carbons (Fsp3) is 0.474. The van der Waals surface area contributed by atoms with Gasteiger partial charge in [0.2, 0.25) is 0 Å². The van der Waals surface area contributed by atoms with Gasteiger partial charge < -0.3 is 0 Å². The Labute approximate surface area is 379 Å². The van der Waals surface area contributed by atoms with Crippen LogP contribution in [-0.4, -0.2) is 24.8 Å². The summed E-state index contributed by atoms with van der Waals surface area (Å²) in [5.41, 5.74) is 14.5. The molecular weight excluding hydrogens is 861 g/mol. The average molecular weight is 941 g/mol. The van der Waals surface area contributed by atoms with Gasteiger partial charge in [-0.3, -0.25) is 0 Å². The molecule has 0 aliphatic heterocycles. The van der Waals surface area contributed by atoms with Crippen molar-refractivity contribution < 1.29 is 0 Å².